The molecule has 0 radical (unpaired) electrons. The first-order valence-electron chi connectivity index (χ1n) is 9.53. The van der Waals surface area contributed by atoms with Gasteiger partial charge in [-0.25, -0.2) is 0 Å². The van der Waals surface area contributed by atoms with Crippen LogP contribution in [-0.2, 0) is 28.5 Å². The molecule has 2 saturated heterocycles. The summed E-state index contributed by atoms with van der Waals surface area (Å²) in [6.45, 7) is 4.82. The lowest BCUT2D eigenvalue weighted by Gasteiger charge is -2.38. The zero-order valence-electron chi connectivity index (χ0n) is 16.3. The Balaban J connectivity index is 1.98. The molecule has 2 fully saturated rings. The van der Waals surface area contributed by atoms with E-state index in [1.807, 2.05) is 6.92 Å². The first kappa shape index (κ1) is 23.1. The maximum absolute atomic E-state index is 12.1. The number of rotatable bonds is 8. The molecular weight excluding hydrogens is 376 g/mol. The first-order valence-corrected chi connectivity index (χ1v) is 9.53. The summed E-state index contributed by atoms with van der Waals surface area (Å²) in [5.41, 5.74) is 0. The minimum Gasteiger partial charge on any atom is -0.463 e. The Morgan fingerprint density at radius 3 is 2.36 bits per heavy atom. The summed E-state index contributed by atoms with van der Waals surface area (Å²) in [5, 5.41) is 40.5. The third-order valence-corrected chi connectivity index (χ3v) is 4.77. The van der Waals surface area contributed by atoms with Crippen molar-refractivity contribution in [3.63, 3.8) is 0 Å². The molecule has 162 valence electrons. The van der Waals surface area contributed by atoms with E-state index in [0.29, 0.717) is 6.42 Å². The molecular formula is C18H30O10. The topological polar surface area (TPSA) is 152 Å². The molecule has 0 aromatic rings. The molecule has 28 heavy (non-hydrogen) atoms. The summed E-state index contributed by atoms with van der Waals surface area (Å²) < 4.78 is 21.1. The van der Waals surface area contributed by atoms with Gasteiger partial charge in [0.15, 0.2) is 18.4 Å². The van der Waals surface area contributed by atoms with Crippen molar-refractivity contribution in [3.8, 4) is 0 Å². The van der Waals surface area contributed by atoms with E-state index in [1.54, 1.807) is 13.8 Å². The maximum Gasteiger partial charge on any atom is 0.305 e. The average molecular weight is 406 g/mol. The van der Waals surface area contributed by atoms with Gasteiger partial charge in [-0.15, -0.1) is 0 Å². The second-order valence-electron chi connectivity index (χ2n) is 7.43. The molecule has 0 aromatic heterocycles. The highest BCUT2D eigenvalue weighted by Gasteiger charge is 2.50. The monoisotopic (exact) mass is 406 g/mol. The second-order valence-corrected chi connectivity index (χ2v) is 7.43. The standard InChI is InChI=1S/C18H30O10/c1-4-5-11(19)25-7-10-14(22)9(6-12(20)26-10)27-18-16(24)15(23)17(28-18)13(21)8(2)3/h8-10,12,14-18,20,22-24H,4-7H2,1-3H3/t9-,10+,12-,14+,15-,16+,17+,18-/m1/s1. The lowest BCUT2D eigenvalue weighted by atomic mass is 9.99. The summed E-state index contributed by atoms with van der Waals surface area (Å²) in [6.07, 6.45) is -9.52. The molecule has 0 saturated carbocycles. The Kier molecular flexibility index (Phi) is 8.31. The van der Waals surface area contributed by atoms with Crippen LogP contribution in [0.3, 0.4) is 0 Å². The maximum atomic E-state index is 12.1. The minimum absolute atomic E-state index is 0.133. The molecule has 2 rings (SSSR count). The smallest absolute Gasteiger partial charge is 0.305 e. The lowest BCUT2D eigenvalue weighted by Crippen LogP contribution is -2.53. The molecule has 2 heterocycles. The molecule has 2 aliphatic rings. The van der Waals surface area contributed by atoms with Gasteiger partial charge >= 0.3 is 5.97 Å². The van der Waals surface area contributed by atoms with Crippen molar-refractivity contribution in [2.45, 2.75) is 89.2 Å². The average Bonchev–Trinajstić information content (AvgIpc) is 2.91. The van der Waals surface area contributed by atoms with Crippen molar-refractivity contribution in [3.05, 3.63) is 0 Å². The Bertz CT molecular complexity index is 538. The van der Waals surface area contributed by atoms with Crippen molar-refractivity contribution in [1.82, 2.24) is 0 Å². The fourth-order valence-electron chi connectivity index (χ4n) is 3.14. The molecule has 0 spiro atoms. The summed E-state index contributed by atoms with van der Waals surface area (Å²) in [6, 6.07) is 0. The van der Waals surface area contributed by atoms with Crippen LogP contribution in [0.4, 0.5) is 0 Å². The van der Waals surface area contributed by atoms with Crippen molar-refractivity contribution >= 4 is 11.8 Å². The van der Waals surface area contributed by atoms with Gasteiger partial charge in [0.2, 0.25) is 0 Å². The van der Waals surface area contributed by atoms with E-state index in [9.17, 15) is 30.0 Å². The predicted octanol–water partition coefficient (Wildman–Crippen LogP) is -1.15. The van der Waals surface area contributed by atoms with E-state index in [1.165, 1.54) is 0 Å². The van der Waals surface area contributed by atoms with Crippen LogP contribution in [0.15, 0.2) is 0 Å². The van der Waals surface area contributed by atoms with E-state index >= 15 is 0 Å². The molecule has 0 aliphatic carbocycles. The Labute approximate surface area is 163 Å². The van der Waals surface area contributed by atoms with Crippen molar-refractivity contribution in [2.24, 2.45) is 5.92 Å². The van der Waals surface area contributed by atoms with Crippen LogP contribution in [0.25, 0.3) is 0 Å². The van der Waals surface area contributed by atoms with Crippen LogP contribution in [0.5, 0.6) is 0 Å². The van der Waals surface area contributed by atoms with Crippen LogP contribution in [0.2, 0.25) is 0 Å². The van der Waals surface area contributed by atoms with Gasteiger partial charge in [0, 0.05) is 18.8 Å². The van der Waals surface area contributed by atoms with Crippen molar-refractivity contribution in [1.29, 1.82) is 0 Å². The van der Waals surface area contributed by atoms with Gasteiger partial charge in [0.05, 0.1) is 6.10 Å². The molecule has 8 atom stereocenters. The minimum atomic E-state index is -1.50. The van der Waals surface area contributed by atoms with E-state index in [0.717, 1.165) is 0 Å². The van der Waals surface area contributed by atoms with Crippen LogP contribution >= 0.6 is 0 Å². The number of aliphatic hydroxyl groups is 4. The Morgan fingerprint density at radius 1 is 1.07 bits per heavy atom. The van der Waals surface area contributed by atoms with Gasteiger partial charge in [0.25, 0.3) is 0 Å². The van der Waals surface area contributed by atoms with Crippen LogP contribution < -0.4 is 0 Å². The third-order valence-electron chi connectivity index (χ3n) is 4.77. The number of carbonyl (C=O) groups excluding carboxylic acids is 2. The van der Waals surface area contributed by atoms with Gasteiger partial charge in [0.1, 0.15) is 37.1 Å². The number of esters is 1. The molecule has 0 aromatic carbocycles. The van der Waals surface area contributed by atoms with Gasteiger partial charge in [-0.2, -0.15) is 0 Å². The van der Waals surface area contributed by atoms with Gasteiger partial charge in [-0.1, -0.05) is 20.8 Å². The van der Waals surface area contributed by atoms with Crippen LogP contribution in [-0.4, -0.2) is 88.0 Å². The van der Waals surface area contributed by atoms with Crippen LogP contribution in [0, 0.1) is 5.92 Å². The molecule has 0 bridgehead atoms. The van der Waals surface area contributed by atoms with Crippen LogP contribution in [0.1, 0.15) is 40.0 Å². The SMILES string of the molecule is CCCC(=O)OC[C@@H]1O[C@@H](O)C[C@@H](O[C@@H]2O[C@@H](C(=O)C(C)C)[C@H](O)[C@@H]2O)[C@@H]1O. The molecule has 4 N–H and O–H groups in total. The molecule has 10 heteroatoms. The fraction of sp³-hybridized carbons (Fsp3) is 0.889. The highest BCUT2D eigenvalue weighted by Crippen LogP contribution is 2.30. The summed E-state index contributed by atoms with van der Waals surface area (Å²) in [5.74, 6) is -1.25. The quantitative estimate of drug-likeness (QED) is 0.364. The van der Waals surface area contributed by atoms with Crippen molar-refractivity contribution < 1.29 is 49.0 Å². The number of ether oxygens (including phenoxy) is 4. The molecule has 0 unspecified atom stereocenters. The fourth-order valence-corrected chi connectivity index (χ4v) is 3.14. The molecule has 10 nitrogen and oxygen atoms in total. The summed E-state index contributed by atoms with van der Waals surface area (Å²) >= 11 is 0. The number of carbonyl (C=O) groups is 2. The number of hydrogen-bond acceptors (Lipinski definition) is 10. The Morgan fingerprint density at radius 2 is 1.75 bits per heavy atom. The largest absolute Gasteiger partial charge is 0.463 e. The highest BCUT2D eigenvalue weighted by atomic mass is 16.7. The number of Topliss-reactive ketones (excluding diaryl/α,β-unsaturated/α-hetero) is 1. The molecule has 0 amide bonds. The second kappa shape index (κ2) is 10.1. The Hall–Kier alpha value is -1.14. The zero-order chi connectivity index (χ0) is 21.0. The van der Waals surface area contributed by atoms with Gasteiger partial charge in [-0.05, 0) is 6.42 Å². The summed E-state index contributed by atoms with van der Waals surface area (Å²) in [4.78, 5) is 23.6. The van der Waals surface area contributed by atoms with Gasteiger partial charge in [-0.3, -0.25) is 9.59 Å². The number of ketones is 1. The predicted molar refractivity (Wildman–Crippen MR) is 92.8 cm³/mol. The summed E-state index contributed by atoms with van der Waals surface area (Å²) in [7, 11) is 0. The first-order chi connectivity index (χ1) is 13.1. The third kappa shape index (κ3) is 5.47. The van der Waals surface area contributed by atoms with Gasteiger partial charge < -0.3 is 39.4 Å². The van der Waals surface area contributed by atoms with E-state index in [2.05, 4.69) is 0 Å². The lowest BCUT2D eigenvalue weighted by molar-refractivity contribution is -0.283. The molecule has 2 aliphatic heterocycles. The highest BCUT2D eigenvalue weighted by molar-refractivity contribution is 5.85. The zero-order valence-corrected chi connectivity index (χ0v) is 16.3. The van der Waals surface area contributed by atoms with Crippen molar-refractivity contribution in [2.75, 3.05) is 6.61 Å². The number of aliphatic hydroxyl groups excluding tert-OH is 4. The van der Waals surface area contributed by atoms with E-state index in [4.69, 9.17) is 18.9 Å². The number of hydrogen-bond donors (Lipinski definition) is 4. The normalized spacial score (nSPS) is 38.6. The van der Waals surface area contributed by atoms with E-state index in [-0.39, 0.29) is 25.2 Å². The van der Waals surface area contributed by atoms with E-state index < -0.39 is 61.1 Å².